The van der Waals surface area contributed by atoms with Gasteiger partial charge in [0, 0.05) is 28.6 Å². The van der Waals surface area contributed by atoms with Gasteiger partial charge >= 0.3 is 0 Å². The van der Waals surface area contributed by atoms with E-state index in [0.29, 0.717) is 37.8 Å². The standard InChI is InChI=1S/C23H20ClN3O3S/c1-3-19(28)22-21(14-7-5-4-6-8-14)18-11-15(24)9-10-17(18)23(29)27(22)13-16-12-20(26-25-16)31(2)30/h4-12H,3,13H2,1-2H3,(H,25,26). The first-order chi connectivity index (χ1) is 14.9. The normalized spacial score (nSPS) is 12.2. The number of Topliss-reactive ketones (excluding diaryl/α,β-unsaturated/α-hetero) is 1. The number of fused-ring (bicyclic) bond motifs is 1. The number of pyridine rings is 1. The minimum Gasteiger partial charge on any atom is -0.298 e. The van der Waals surface area contributed by atoms with E-state index in [-0.39, 0.29) is 24.3 Å². The molecule has 0 aliphatic heterocycles. The molecule has 2 heterocycles. The third kappa shape index (κ3) is 3.98. The Bertz CT molecular complexity index is 1380. The van der Waals surface area contributed by atoms with Crippen LogP contribution in [0.4, 0.5) is 0 Å². The number of H-pyrrole nitrogens is 1. The molecule has 31 heavy (non-hydrogen) atoms. The topological polar surface area (TPSA) is 84.8 Å². The highest BCUT2D eigenvalue weighted by Gasteiger charge is 2.23. The molecule has 1 unspecified atom stereocenters. The fourth-order valence-corrected chi connectivity index (χ4v) is 4.32. The largest absolute Gasteiger partial charge is 0.298 e. The van der Waals surface area contributed by atoms with Gasteiger partial charge in [-0.1, -0.05) is 48.9 Å². The van der Waals surface area contributed by atoms with Crippen LogP contribution in [0.1, 0.15) is 29.5 Å². The smallest absolute Gasteiger partial charge is 0.259 e. The third-order valence-corrected chi connectivity index (χ3v) is 6.14. The molecule has 0 amide bonds. The Hall–Kier alpha value is -3.03. The second-order valence-electron chi connectivity index (χ2n) is 7.13. The number of carbonyl (C=O) groups is 1. The van der Waals surface area contributed by atoms with E-state index in [1.807, 2.05) is 30.3 Å². The molecule has 8 heteroatoms. The zero-order chi connectivity index (χ0) is 22.1. The van der Waals surface area contributed by atoms with Crippen molar-refractivity contribution in [3.8, 4) is 11.1 Å². The van der Waals surface area contributed by atoms with E-state index in [1.165, 1.54) is 10.8 Å². The molecule has 0 radical (unpaired) electrons. The molecule has 0 spiro atoms. The highest BCUT2D eigenvalue weighted by molar-refractivity contribution is 7.84. The zero-order valence-corrected chi connectivity index (χ0v) is 18.6. The molecule has 0 bridgehead atoms. The molecule has 158 valence electrons. The first-order valence-corrected chi connectivity index (χ1v) is 11.7. The van der Waals surface area contributed by atoms with E-state index >= 15 is 0 Å². The summed E-state index contributed by atoms with van der Waals surface area (Å²) in [5.41, 5.74) is 2.10. The number of nitrogens with zero attached hydrogens (tertiary/aromatic N) is 2. The lowest BCUT2D eigenvalue weighted by atomic mass is 9.94. The van der Waals surface area contributed by atoms with Crippen LogP contribution < -0.4 is 5.56 Å². The lowest BCUT2D eigenvalue weighted by Gasteiger charge is -2.19. The maximum Gasteiger partial charge on any atom is 0.259 e. The molecule has 2 aromatic carbocycles. The molecule has 1 N–H and O–H groups in total. The number of benzene rings is 2. The second-order valence-corrected chi connectivity index (χ2v) is 8.90. The van der Waals surface area contributed by atoms with E-state index in [0.717, 1.165) is 5.56 Å². The number of halogens is 1. The summed E-state index contributed by atoms with van der Waals surface area (Å²) in [6, 6.07) is 16.2. The molecule has 6 nitrogen and oxygen atoms in total. The SMILES string of the molecule is CCC(=O)c1c(-c2ccccc2)c2cc(Cl)ccc2c(=O)n1Cc1cc(S(C)=O)n[nH]1. The minimum atomic E-state index is -1.26. The van der Waals surface area contributed by atoms with Crippen LogP contribution in [0.5, 0.6) is 0 Å². The molecule has 0 aliphatic rings. The molecule has 1 atom stereocenters. The van der Waals surface area contributed by atoms with E-state index in [1.54, 1.807) is 31.2 Å². The number of hydrogen-bond donors (Lipinski definition) is 1. The average molecular weight is 454 g/mol. The minimum absolute atomic E-state index is 0.0997. The molecular formula is C23H20ClN3O3S. The van der Waals surface area contributed by atoms with Crippen molar-refractivity contribution >= 4 is 39.0 Å². The average Bonchev–Trinajstić information content (AvgIpc) is 3.24. The Balaban J connectivity index is 2.08. The van der Waals surface area contributed by atoms with Crippen molar-refractivity contribution in [3.05, 3.63) is 81.4 Å². The van der Waals surface area contributed by atoms with E-state index in [2.05, 4.69) is 10.2 Å². The van der Waals surface area contributed by atoms with Crippen molar-refractivity contribution in [2.24, 2.45) is 0 Å². The van der Waals surface area contributed by atoms with Crippen molar-refractivity contribution in [1.82, 2.24) is 14.8 Å². The monoisotopic (exact) mass is 453 g/mol. The molecule has 0 aliphatic carbocycles. The van der Waals surface area contributed by atoms with Crippen LogP contribution in [-0.2, 0) is 17.3 Å². The zero-order valence-electron chi connectivity index (χ0n) is 17.0. The fourth-order valence-electron chi connectivity index (χ4n) is 3.66. The number of rotatable bonds is 6. The van der Waals surface area contributed by atoms with Gasteiger partial charge in [0.2, 0.25) is 0 Å². The van der Waals surface area contributed by atoms with Gasteiger partial charge in [-0.2, -0.15) is 5.10 Å². The summed E-state index contributed by atoms with van der Waals surface area (Å²) in [5.74, 6) is -0.156. The fraction of sp³-hybridized carbons (Fsp3) is 0.174. The van der Waals surface area contributed by atoms with Gasteiger partial charge in [0.05, 0.1) is 28.7 Å². The van der Waals surface area contributed by atoms with Gasteiger partial charge in [-0.05, 0) is 35.2 Å². The van der Waals surface area contributed by atoms with Gasteiger partial charge in [0.1, 0.15) is 5.03 Å². The summed E-state index contributed by atoms with van der Waals surface area (Å²) in [7, 11) is -1.26. The van der Waals surface area contributed by atoms with Crippen LogP contribution in [0.25, 0.3) is 21.9 Å². The summed E-state index contributed by atoms with van der Waals surface area (Å²) in [4.78, 5) is 26.6. The van der Waals surface area contributed by atoms with Crippen molar-refractivity contribution in [2.45, 2.75) is 24.9 Å². The highest BCUT2D eigenvalue weighted by atomic mass is 35.5. The van der Waals surface area contributed by atoms with Crippen LogP contribution in [0.2, 0.25) is 5.02 Å². The summed E-state index contributed by atoms with van der Waals surface area (Å²) in [5, 5.41) is 8.86. The van der Waals surface area contributed by atoms with Gasteiger partial charge in [0.25, 0.3) is 5.56 Å². The second kappa shape index (κ2) is 8.61. The van der Waals surface area contributed by atoms with Gasteiger partial charge in [0.15, 0.2) is 5.78 Å². The van der Waals surface area contributed by atoms with Crippen molar-refractivity contribution < 1.29 is 9.00 Å². The lowest BCUT2D eigenvalue weighted by Crippen LogP contribution is -2.28. The maximum atomic E-state index is 13.5. The lowest BCUT2D eigenvalue weighted by molar-refractivity contribution is 0.0979. The number of aromatic amines is 1. The van der Waals surface area contributed by atoms with Crippen LogP contribution in [0.3, 0.4) is 0 Å². The van der Waals surface area contributed by atoms with Gasteiger partial charge in [-0.3, -0.25) is 23.5 Å². The Morgan fingerprint density at radius 3 is 2.52 bits per heavy atom. The molecule has 4 rings (SSSR count). The molecule has 0 fully saturated rings. The predicted octanol–water partition coefficient (Wildman–Crippen LogP) is 4.42. The van der Waals surface area contributed by atoms with Crippen LogP contribution in [-0.4, -0.2) is 31.0 Å². The molecule has 4 aromatic rings. The summed E-state index contributed by atoms with van der Waals surface area (Å²) < 4.78 is 13.2. The highest BCUT2D eigenvalue weighted by Crippen LogP contribution is 2.33. The van der Waals surface area contributed by atoms with Crippen molar-refractivity contribution in [3.63, 3.8) is 0 Å². The predicted molar refractivity (Wildman–Crippen MR) is 123 cm³/mol. The van der Waals surface area contributed by atoms with E-state index < -0.39 is 10.8 Å². The van der Waals surface area contributed by atoms with Crippen molar-refractivity contribution in [1.29, 1.82) is 0 Å². The molecule has 2 aromatic heterocycles. The summed E-state index contributed by atoms with van der Waals surface area (Å²) >= 11 is 6.26. The van der Waals surface area contributed by atoms with Crippen LogP contribution in [0, 0.1) is 0 Å². The quantitative estimate of drug-likeness (QED) is 0.438. The van der Waals surface area contributed by atoms with E-state index in [4.69, 9.17) is 11.6 Å². The summed E-state index contributed by atoms with van der Waals surface area (Å²) in [6.07, 6.45) is 1.77. The van der Waals surface area contributed by atoms with E-state index in [9.17, 15) is 13.8 Å². The first-order valence-electron chi connectivity index (χ1n) is 9.73. The molecular weight excluding hydrogens is 434 g/mol. The maximum absolute atomic E-state index is 13.5. The molecule has 0 saturated heterocycles. The summed E-state index contributed by atoms with van der Waals surface area (Å²) in [6.45, 7) is 1.87. The molecule has 0 saturated carbocycles. The Morgan fingerprint density at radius 2 is 1.87 bits per heavy atom. The van der Waals surface area contributed by atoms with Crippen molar-refractivity contribution in [2.75, 3.05) is 6.26 Å². The first kappa shape index (κ1) is 21.2. The Labute approximate surface area is 186 Å². The van der Waals surface area contributed by atoms with Gasteiger partial charge in [-0.15, -0.1) is 0 Å². The number of hydrogen-bond acceptors (Lipinski definition) is 4. The van der Waals surface area contributed by atoms with Crippen LogP contribution >= 0.6 is 11.6 Å². The van der Waals surface area contributed by atoms with Gasteiger partial charge < -0.3 is 0 Å². The number of aromatic nitrogens is 3. The third-order valence-electron chi connectivity index (χ3n) is 5.11. The number of ketones is 1. The van der Waals surface area contributed by atoms with Gasteiger partial charge in [-0.25, -0.2) is 0 Å². The number of nitrogens with one attached hydrogen (secondary N) is 1. The Morgan fingerprint density at radius 1 is 1.13 bits per heavy atom. The number of carbonyl (C=O) groups excluding carboxylic acids is 1. The van der Waals surface area contributed by atoms with Crippen LogP contribution in [0.15, 0.2) is 64.4 Å². The Kier molecular flexibility index (Phi) is 5.89.